The fraction of sp³-hybridized carbons (Fsp3) is 0.267. The van der Waals surface area contributed by atoms with Gasteiger partial charge in [0.25, 0.3) is 5.91 Å². The number of carbonyl (C=O) groups excluding carboxylic acids is 1. The molecule has 1 heterocycles. The van der Waals surface area contributed by atoms with E-state index in [1.807, 2.05) is 14.0 Å². The Hall–Kier alpha value is -1.36. The number of benzene rings is 1. The van der Waals surface area contributed by atoms with E-state index >= 15 is 0 Å². The van der Waals surface area contributed by atoms with E-state index in [0.29, 0.717) is 5.02 Å². The predicted molar refractivity (Wildman–Crippen MR) is 84.5 cm³/mol. The summed E-state index contributed by atoms with van der Waals surface area (Å²) in [5, 5.41) is 7.75. The maximum Gasteiger partial charge on any atom is 0.282 e. The zero-order chi connectivity index (χ0) is 14.5. The highest BCUT2D eigenvalue weighted by Gasteiger charge is 2.22. The normalized spacial score (nSPS) is 13.8. The second-order valence-corrected chi connectivity index (χ2v) is 6.09. The van der Waals surface area contributed by atoms with Crippen LogP contribution < -0.4 is 10.2 Å². The van der Waals surface area contributed by atoms with Crippen molar-refractivity contribution in [2.75, 3.05) is 12.4 Å². The molecule has 1 aromatic heterocycles. The maximum atomic E-state index is 12.2. The van der Waals surface area contributed by atoms with Gasteiger partial charge in [0.05, 0.1) is 7.05 Å². The Morgan fingerprint density at radius 2 is 2.05 bits per heavy atom. The van der Waals surface area contributed by atoms with Crippen molar-refractivity contribution in [3.8, 4) is 0 Å². The van der Waals surface area contributed by atoms with Gasteiger partial charge in [0, 0.05) is 16.3 Å². The van der Waals surface area contributed by atoms with Gasteiger partial charge in [-0.15, -0.1) is 0 Å². The molecule has 1 aromatic carbocycles. The Labute approximate surface area is 128 Å². The van der Waals surface area contributed by atoms with Crippen LogP contribution in [0.25, 0.3) is 0 Å². The average Bonchev–Trinajstić information content (AvgIpc) is 2.93. The molecule has 0 aliphatic carbocycles. The number of halogens is 1. The molecule has 0 bridgehead atoms. The van der Waals surface area contributed by atoms with Gasteiger partial charge in [-0.1, -0.05) is 11.6 Å². The van der Waals surface area contributed by atoms with Crippen LogP contribution >= 0.6 is 22.9 Å². The van der Waals surface area contributed by atoms with Gasteiger partial charge in [0.2, 0.25) is 0 Å². The summed E-state index contributed by atoms with van der Waals surface area (Å²) in [6.45, 7) is 2.78. The molecule has 0 saturated carbocycles. The van der Waals surface area contributed by atoms with Crippen molar-refractivity contribution in [3.05, 3.63) is 51.7 Å². The monoisotopic (exact) mass is 309 g/mol. The summed E-state index contributed by atoms with van der Waals surface area (Å²) >= 11 is 7.50. The van der Waals surface area contributed by atoms with Crippen LogP contribution in [0.1, 0.15) is 12.5 Å². The number of likely N-dealkylation sites (N-methyl/N-ethyl adjacent to an activating group) is 1. The SMILES string of the molecule is C[C@H](C(=O)Nc1ccc(Cl)cc1)[NH+](C)Cc1ccsc1. The third-order valence-electron chi connectivity index (χ3n) is 3.31. The highest BCUT2D eigenvalue weighted by Crippen LogP contribution is 2.13. The molecule has 3 nitrogen and oxygen atoms in total. The lowest BCUT2D eigenvalue weighted by Crippen LogP contribution is -3.12. The predicted octanol–water partition coefficient (Wildman–Crippen LogP) is 2.44. The van der Waals surface area contributed by atoms with Gasteiger partial charge in [-0.25, -0.2) is 0 Å². The van der Waals surface area contributed by atoms with E-state index in [1.54, 1.807) is 35.6 Å². The molecule has 0 aliphatic heterocycles. The number of nitrogens with one attached hydrogen (secondary N) is 2. The van der Waals surface area contributed by atoms with Gasteiger partial charge in [0.1, 0.15) is 6.54 Å². The minimum Gasteiger partial charge on any atom is -0.324 e. The Balaban J connectivity index is 1.92. The molecule has 5 heteroatoms. The number of amides is 1. The molecule has 0 spiro atoms. The highest BCUT2D eigenvalue weighted by atomic mass is 35.5. The lowest BCUT2D eigenvalue weighted by Gasteiger charge is -2.20. The molecule has 20 heavy (non-hydrogen) atoms. The van der Waals surface area contributed by atoms with Crippen LogP contribution in [0, 0.1) is 0 Å². The van der Waals surface area contributed by atoms with Crippen LogP contribution in [0.15, 0.2) is 41.1 Å². The van der Waals surface area contributed by atoms with E-state index in [-0.39, 0.29) is 11.9 Å². The molecular formula is C15H18ClN2OS+. The first-order valence-corrected chi connectivity index (χ1v) is 7.78. The zero-order valence-corrected chi connectivity index (χ0v) is 13.1. The fourth-order valence-electron chi connectivity index (χ4n) is 1.88. The van der Waals surface area contributed by atoms with Crippen LogP contribution in [0.4, 0.5) is 5.69 Å². The molecule has 0 saturated heterocycles. The molecule has 1 amide bonds. The first-order chi connectivity index (χ1) is 9.56. The van der Waals surface area contributed by atoms with Crippen molar-refractivity contribution in [2.24, 2.45) is 0 Å². The summed E-state index contributed by atoms with van der Waals surface area (Å²) in [5.41, 5.74) is 2.04. The Kier molecular flexibility index (Phi) is 5.17. The molecule has 106 valence electrons. The highest BCUT2D eigenvalue weighted by molar-refractivity contribution is 7.07. The third kappa shape index (κ3) is 4.07. The van der Waals surface area contributed by atoms with Crippen molar-refractivity contribution >= 4 is 34.5 Å². The summed E-state index contributed by atoms with van der Waals surface area (Å²) in [5.74, 6) is 0.0139. The summed E-state index contributed by atoms with van der Waals surface area (Å²) < 4.78 is 0. The molecule has 2 N–H and O–H groups in total. The molecule has 2 atom stereocenters. The quantitative estimate of drug-likeness (QED) is 0.874. The van der Waals surface area contributed by atoms with Crippen LogP contribution in [-0.4, -0.2) is 19.0 Å². The van der Waals surface area contributed by atoms with Crippen LogP contribution in [0.5, 0.6) is 0 Å². The topological polar surface area (TPSA) is 33.5 Å². The Bertz CT molecular complexity index is 554. The molecule has 0 radical (unpaired) electrons. The lowest BCUT2D eigenvalue weighted by atomic mass is 10.2. The minimum atomic E-state index is -0.120. The summed E-state index contributed by atoms with van der Waals surface area (Å²) in [7, 11) is 2.03. The van der Waals surface area contributed by atoms with Crippen molar-refractivity contribution in [3.63, 3.8) is 0 Å². The second kappa shape index (κ2) is 6.88. The van der Waals surface area contributed by atoms with Crippen molar-refractivity contribution < 1.29 is 9.69 Å². The number of rotatable bonds is 5. The van der Waals surface area contributed by atoms with Gasteiger partial charge in [-0.3, -0.25) is 4.79 Å². The number of carbonyl (C=O) groups is 1. The van der Waals surface area contributed by atoms with E-state index in [1.165, 1.54) is 5.56 Å². The van der Waals surface area contributed by atoms with E-state index in [2.05, 4.69) is 22.1 Å². The van der Waals surface area contributed by atoms with E-state index in [9.17, 15) is 4.79 Å². The van der Waals surface area contributed by atoms with E-state index in [4.69, 9.17) is 11.6 Å². The molecule has 1 unspecified atom stereocenters. The maximum absolute atomic E-state index is 12.2. The first kappa shape index (κ1) is 15.0. The second-order valence-electron chi connectivity index (χ2n) is 4.87. The molecular weight excluding hydrogens is 292 g/mol. The average molecular weight is 310 g/mol. The molecule has 2 rings (SSSR count). The van der Waals surface area contributed by atoms with Gasteiger partial charge >= 0.3 is 0 Å². The third-order valence-corrected chi connectivity index (χ3v) is 4.29. The van der Waals surface area contributed by atoms with Crippen LogP contribution in [0.2, 0.25) is 5.02 Å². The summed E-state index contributed by atoms with van der Waals surface area (Å²) in [6, 6.07) is 9.12. The molecule has 2 aromatic rings. The van der Waals surface area contributed by atoms with Crippen LogP contribution in [0.3, 0.4) is 0 Å². The lowest BCUT2D eigenvalue weighted by molar-refractivity contribution is -0.907. The standard InChI is InChI=1S/C15H17ClN2OS/c1-11(18(2)9-12-7-8-20-10-12)15(19)17-14-5-3-13(16)4-6-14/h3-8,10-11H,9H2,1-2H3,(H,17,19)/p+1/t11-/m1/s1. The largest absolute Gasteiger partial charge is 0.324 e. The zero-order valence-electron chi connectivity index (χ0n) is 11.5. The van der Waals surface area contributed by atoms with Gasteiger partial charge in [-0.2, -0.15) is 11.3 Å². The minimum absolute atomic E-state index is 0.0139. The number of anilines is 1. The van der Waals surface area contributed by atoms with Gasteiger partial charge in [-0.05, 0) is 48.0 Å². The number of hydrogen-bond donors (Lipinski definition) is 2. The van der Waals surface area contributed by atoms with Gasteiger partial charge in [0.15, 0.2) is 6.04 Å². The summed E-state index contributed by atoms with van der Waals surface area (Å²) in [4.78, 5) is 13.4. The molecule has 0 fully saturated rings. The van der Waals surface area contributed by atoms with Crippen molar-refractivity contribution in [1.29, 1.82) is 0 Å². The number of hydrogen-bond acceptors (Lipinski definition) is 2. The Morgan fingerprint density at radius 1 is 1.35 bits per heavy atom. The molecule has 0 aliphatic rings. The Morgan fingerprint density at radius 3 is 2.65 bits per heavy atom. The number of quaternary nitrogens is 1. The van der Waals surface area contributed by atoms with E-state index in [0.717, 1.165) is 17.1 Å². The fourth-order valence-corrected chi connectivity index (χ4v) is 2.67. The van der Waals surface area contributed by atoms with Gasteiger partial charge < -0.3 is 10.2 Å². The van der Waals surface area contributed by atoms with Crippen LogP contribution in [-0.2, 0) is 11.3 Å². The first-order valence-electron chi connectivity index (χ1n) is 6.46. The summed E-state index contributed by atoms with van der Waals surface area (Å²) in [6.07, 6.45) is 0. The van der Waals surface area contributed by atoms with E-state index < -0.39 is 0 Å². The smallest absolute Gasteiger partial charge is 0.282 e. The van der Waals surface area contributed by atoms with Crippen molar-refractivity contribution in [1.82, 2.24) is 0 Å². The van der Waals surface area contributed by atoms with Crippen molar-refractivity contribution in [2.45, 2.75) is 19.5 Å². The number of thiophene rings is 1.